The van der Waals surface area contributed by atoms with Crippen LogP contribution >= 0.6 is 0 Å². The van der Waals surface area contributed by atoms with Crippen LogP contribution in [0.25, 0.3) is 0 Å². The molecular formula is C26H34N4O5. The Labute approximate surface area is 205 Å². The number of rotatable bonds is 9. The molecule has 0 unspecified atom stereocenters. The van der Waals surface area contributed by atoms with Gasteiger partial charge in [0, 0.05) is 26.4 Å². The van der Waals surface area contributed by atoms with Crippen molar-refractivity contribution in [2.24, 2.45) is 11.8 Å². The number of methoxy groups -OCH3 is 1. The van der Waals surface area contributed by atoms with Gasteiger partial charge >= 0.3 is 6.03 Å². The third-order valence-corrected chi connectivity index (χ3v) is 7.00. The lowest BCUT2D eigenvalue weighted by atomic mass is 9.73. The van der Waals surface area contributed by atoms with Crippen molar-refractivity contribution >= 4 is 17.8 Å². The zero-order chi connectivity index (χ0) is 25.0. The summed E-state index contributed by atoms with van der Waals surface area (Å²) in [6.45, 7) is 5.68. The topological polar surface area (TPSA) is 105 Å². The first kappa shape index (κ1) is 24.9. The second-order valence-corrected chi connectivity index (χ2v) is 9.81. The number of aromatic nitrogens is 1. The van der Waals surface area contributed by atoms with Crippen LogP contribution in [-0.2, 0) is 22.7 Å². The number of carbonyl (C=O) groups excluding carboxylic acids is 3. The molecule has 1 atom stereocenters. The van der Waals surface area contributed by atoms with E-state index in [0.29, 0.717) is 56.3 Å². The molecule has 4 heterocycles. The summed E-state index contributed by atoms with van der Waals surface area (Å²) in [6, 6.07) is 8.50. The molecule has 9 nitrogen and oxygen atoms in total. The minimum Gasteiger partial charge on any atom is -0.453 e. The largest absolute Gasteiger partial charge is 0.453 e. The Kier molecular flexibility index (Phi) is 7.54. The summed E-state index contributed by atoms with van der Waals surface area (Å²) in [5, 5.41) is 3.08. The summed E-state index contributed by atoms with van der Waals surface area (Å²) in [6.07, 6.45) is 4.30. The SMILES string of the molecule is COCc1ccc(C(=O)N2CCC([C@]3(CCC(C)C)NC(=O)N(Cc4ccccn4)C3=O)CC2)o1. The van der Waals surface area contributed by atoms with Crippen molar-refractivity contribution in [3.05, 3.63) is 53.7 Å². The van der Waals surface area contributed by atoms with Gasteiger partial charge in [-0.15, -0.1) is 0 Å². The smallest absolute Gasteiger partial charge is 0.325 e. The minimum absolute atomic E-state index is 0.0591. The summed E-state index contributed by atoms with van der Waals surface area (Å²) < 4.78 is 10.7. The minimum atomic E-state index is -0.957. The Balaban J connectivity index is 1.48. The van der Waals surface area contributed by atoms with Gasteiger partial charge in [-0.05, 0) is 61.8 Å². The van der Waals surface area contributed by atoms with Crippen LogP contribution in [0, 0.1) is 11.8 Å². The molecule has 35 heavy (non-hydrogen) atoms. The molecule has 4 rings (SSSR count). The van der Waals surface area contributed by atoms with Gasteiger partial charge in [0.2, 0.25) is 0 Å². The molecule has 188 valence electrons. The maximum atomic E-state index is 13.8. The molecule has 0 aromatic carbocycles. The highest BCUT2D eigenvalue weighted by atomic mass is 16.5. The third kappa shape index (κ3) is 5.24. The van der Waals surface area contributed by atoms with Crippen LogP contribution in [-0.4, -0.2) is 58.4 Å². The highest BCUT2D eigenvalue weighted by Gasteiger charge is 2.55. The number of amides is 4. The van der Waals surface area contributed by atoms with E-state index in [1.54, 1.807) is 36.4 Å². The molecule has 2 aromatic heterocycles. The van der Waals surface area contributed by atoms with E-state index in [2.05, 4.69) is 24.1 Å². The molecule has 2 saturated heterocycles. The third-order valence-electron chi connectivity index (χ3n) is 7.00. The Morgan fingerprint density at radius 2 is 2.00 bits per heavy atom. The Bertz CT molecular complexity index is 1050. The normalized spacial score (nSPS) is 21.1. The number of hydrogen-bond acceptors (Lipinski definition) is 6. The summed E-state index contributed by atoms with van der Waals surface area (Å²) in [4.78, 5) is 47.0. The predicted octanol–water partition coefficient (Wildman–Crippen LogP) is 3.60. The van der Waals surface area contributed by atoms with E-state index in [-0.39, 0.29) is 36.1 Å². The Morgan fingerprint density at radius 3 is 2.66 bits per heavy atom. The lowest BCUT2D eigenvalue weighted by Crippen LogP contribution is -2.56. The number of hydrogen-bond donors (Lipinski definition) is 1. The fourth-order valence-corrected chi connectivity index (χ4v) is 5.05. The van der Waals surface area contributed by atoms with Crippen molar-refractivity contribution < 1.29 is 23.5 Å². The number of likely N-dealkylation sites (tertiary alicyclic amines) is 1. The number of imide groups is 1. The van der Waals surface area contributed by atoms with Gasteiger partial charge in [-0.2, -0.15) is 0 Å². The van der Waals surface area contributed by atoms with Gasteiger partial charge in [0.1, 0.15) is 17.9 Å². The maximum Gasteiger partial charge on any atom is 0.325 e. The van der Waals surface area contributed by atoms with E-state index < -0.39 is 5.54 Å². The van der Waals surface area contributed by atoms with Crippen molar-refractivity contribution in [2.75, 3.05) is 20.2 Å². The van der Waals surface area contributed by atoms with Crippen LogP contribution in [0.2, 0.25) is 0 Å². The number of nitrogens with zero attached hydrogens (tertiary/aromatic N) is 3. The molecule has 2 fully saturated rings. The number of furan rings is 1. The molecule has 2 aliphatic rings. The lowest BCUT2D eigenvalue weighted by molar-refractivity contribution is -0.134. The molecule has 2 aromatic rings. The molecule has 0 spiro atoms. The standard InChI is InChI=1S/C26H34N4O5/c1-18(2)9-12-26(24(32)30(25(33)28-26)16-20-6-4-5-13-27-20)19-10-14-29(15-11-19)23(31)22-8-7-21(35-22)17-34-3/h4-8,13,18-19H,9-12,14-17H2,1-3H3,(H,28,33)/t26-/m0/s1. The van der Waals surface area contributed by atoms with Crippen molar-refractivity contribution in [2.45, 2.75) is 58.2 Å². The molecule has 1 N–H and O–H groups in total. The summed E-state index contributed by atoms with van der Waals surface area (Å²) in [7, 11) is 1.57. The lowest BCUT2D eigenvalue weighted by Gasteiger charge is -2.41. The Morgan fingerprint density at radius 1 is 1.23 bits per heavy atom. The number of ether oxygens (including phenoxy) is 1. The van der Waals surface area contributed by atoms with Crippen LogP contribution in [0.4, 0.5) is 4.79 Å². The molecule has 0 radical (unpaired) electrons. The molecule has 0 aliphatic carbocycles. The van der Waals surface area contributed by atoms with Gasteiger partial charge in [-0.3, -0.25) is 19.5 Å². The molecule has 4 amide bonds. The summed E-state index contributed by atoms with van der Waals surface area (Å²) in [5.41, 5.74) is -0.288. The van der Waals surface area contributed by atoms with Crippen LogP contribution < -0.4 is 5.32 Å². The fourth-order valence-electron chi connectivity index (χ4n) is 5.05. The number of pyridine rings is 1. The number of urea groups is 1. The molecular weight excluding hydrogens is 448 g/mol. The van der Waals surface area contributed by atoms with Crippen molar-refractivity contribution in [1.29, 1.82) is 0 Å². The second-order valence-electron chi connectivity index (χ2n) is 9.81. The van der Waals surface area contributed by atoms with Gasteiger partial charge in [-0.25, -0.2) is 4.79 Å². The number of carbonyl (C=O) groups is 3. The van der Waals surface area contributed by atoms with Crippen LogP contribution in [0.1, 0.15) is 61.5 Å². The maximum absolute atomic E-state index is 13.8. The zero-order valence-electron chi connectivity index (χ0n) is 20.7. The van der Waals surface area contributed by atoms with Crippen LogP contribution in [0.15, 0.2) is 40.9 Å². The van der Waals surface area contributed by atoms with Crippen molar-refractivity contribution in [3.63, 3.8) is 0 Å². The van der Waals surface area contributed by atoms with Crippen molar-refractivity contribution in [1.82, 2.24) is 20.1 Å². The zero-order valence-corrected chi connectivity index (χ0v) is 20.7. The monoisotopic (exact) mass is 482 g/mol. The van der Waals surface area contributed by atoms with Crippen LogP contribution in [0.3, 0.4) is 0 Å². The highest BCUT2D eigenvalue weighted by molar-refractivity contribution is 6.07. The Hall–Kier alpha value is -3.20. The first-order valence-corrected chi connectivity index (χ1v) is 12.2. The average Bonchev–Trinajstić information content (AvgIpc) is 3.42. The second kappa shape index (κ2) is 10.6. The number of piperidine rings is 1. The summed E-state index contributed by atoms with van der Waals surface area (Å²) in [5.74, 6) is 0.872. The average molecular weight is 483 g/mol. The van der Waals surface area contributed by atoms with Crippen LogP contribution in [0.5, 0.6) is 0 Å². The van der Waals surface area contributed by atoms with E-state index >= 15 is 0 Å². The fraction of sp³-hybridized carbons (Fsp3) is 0.538. The molecule has 2 aliphatic heterocycles. The van der Waals surface area contributed by atoms with Gasteiger partial charge < -0.3 is 19.4 Å². The van der Waals surface area contributed by atoms with E-state index in [9.17, 15) is 14.4 Å². The molecule has 9 heteroatoms. The quantitative estimate of drug-likeness (QED) is 0.548. The van der Waals surface area contributed by atoms with Gasteiger partial charge in [0.15, 0.2) is 5.76 Å². The van der Waals surface area contributed by atoms with Crippen molar-refractivity contribution in [3.8, 4) is 0 Å². The van der Waals surface area contributed by atoms with Gasteiger partial charge in [-0.1, -0.05) is 19.9 Å². The first-order chi connectivity index (χ1) is 16.8. The number of nitrogens with one attached hydrogen (secondary N) is 1. The van der Waals surface area contributed by atoms with E-state index in [0.717, 1.165) is 6.42 Å². The summed E-state index contributed by atoms with van der Waals surface area (Å²) >= 11 is 0. The van der Waals surface area contributed by atoms with E-state index in [1.807, 2.05) is 12.1 Å². The van der Waals surface area contributed by atoms with Gasteiger partial charge in [0.05, 0.1) is 12.2 Å². The molecule has 0 saturated carbocycles. The first-order valence-electron chi connectivity index (χ1n) is 12.2. The van der Waals surface area contributed by atoms with Gasteiger partial charge in [0.25, 0.3) is 11.8 Å². The van der Waals surface area contributed by atoms with E-state index in [4.69, 9.17) is 9.15 Å². The molecule has 0 bridgehead atoms. The predicted molar refractivity (Wildman–Crippen MR) is 128 cm³/mol. The highest BCUT2D eigenvalue weighted by Crippen LogP contribution is 2.38. The van der Waals surface area contributed by atoms with E-state index in [1.165, 1.54) is 4.90 Å².